The van der Waals surface area contributed by atoms with Crippen LogP contribution in [0.1, 0.15) is 22.3 Å². The molecule has 10 heteroatoms. The Hall–Kier alpha value is -2.20. The van der Waals surface area contributed by atoms with Gasteiger partial charge in [-0.3, -0.25) is 4.72 Å². The molecule has 0 aliphatic heterocycles. The quantitative estimate of drug-likeness (QED) is 0.701. The van der Waals surface area contributed by atoms with Gasteiger partial charge in [-0.05, 0) is 24.6 Å². The summed E-state index contributed by atoms with van der Waals surface area (Å²) in [6, 6.07) is 3.56. The fourth-order valence-electron chi connectivity index (χ4n) is 1.55. The van der Waals surface area contributed by atoms with E-state index in [9.17, 15) is 13.2 Å². The number of benzene rings is 1. The molecule has 0 fully saturated rings. The first kappa shape index (κ1) is 15.2. The van der Waals surface area contributed by atoms with Gasteiger partial charge in [0.05, 0.1) is 5.56 Å². The van der Waals surface area contributed by atoms with Crippen LogP contribution in [0.2, 0.25) is 0 Å². The summed E-state index contributed by atoms with van der Waals surface area (Å²) < 4.78 is 26.8. The average Bonchev–Trinajstić information content (AvgIpc) is 2.85. The molecule has 1 heterocycles. The Morgan fingerprint density at radius 3 is 2.71 bits per heavy atom. The number of nitrogens with two attached hydrogens (primary N) is 1. The minimum Gasteiger partial charge on any atom is -0.478 e. The third kappa shape index (κ3) is 3.28. The summed E-state index contributed by atoms with van der Waals surface area (Å²) in [5.74, 6) is -1.36. The van der Waals surface area contributed by atoms with Crippen LogP contribution in [-0.2, 0) is 16.4 Å². The monoisotopic (exact) mass is 328 g/mol. The molecule has 0 aliphatic rings. The van der Waals surface area contributed by atoms with E-state index in [1.54, 1.807) is 0 Å². The van der Waals surface area contributed by atoms with Gasteiger partial charge in [-0.25, -0.2) is 13.2 Å². The minimum absolute atomic E-state index is 0.0746. The summed E-state index contributed by atoms with van der Waals surface area (Å²) in [5, 5.41) is 17.3. The zero-order valence-electron chi connectivity index (χ0n) is 10.9. The van der Waals surface area contributed by atoms with Crippen LogP contribution in [0.3, 0.4) is 0 Å². The van der Waals surface area contributed by atoms with E-state index in [4.69, 9.17) is 10.8 Å². The van der Waals surface area contributed by atoms with Crippen LogP contribution in [0.4, 0.5) is 10.8 Å². The van der Waals surface area contributed by atoms with Crippen LogP contribution in [-0.4, -0.2) is 29.7 Å². The number of aromatic nitrogens is 2. The van der Waals surface area contributed by atoms with E-state index in [-0.39, 0.29) is 16.4 Å². The lowest BCUT2D eigenvalue weighted by molar-refractivity contribution is 0.0692. The van der Waals surface area contributed by atoms with Crippen molar-refractivity contribution in [3.63, 3.8) is 0 Å². The second-order valence-corrected chi connectivity index (χ2v) is 6.73. The highest BCUT2D eigenvalue weighted by molar-refractivity contribution is 7.93. The summed E-state index contributed by atoms with van der Waals surface area (Å²) in [4.78, 5) is 10.7. The molecule has 0 bridgehead atoms. The first-order valence-electron chi connectivity index (χ1n) is 5.81. The van der Waals surface area contributed by atoms with E-state index < -0.39 is 20.9 Å². The lowest BCUT2D eigenvalue weighted by Gasteiger charge is -2.08. The van der Waals surface area contributed by atoms with E-state index in [0.717, 1.165) is 23.5 Å². The van der Waals surface area contributed by atoms with Gasteiger partial charge >= 0.3 is 5.97 Å². The number of carboxylic acid groups (broad SMARTS) is 1. The molecule has 0 radical (unpaired) electrons. The maximum atomic E-state index is 12.3. The van der Waals surface area contributed by atoms with Crippen molar-refractivity contribution in [1.82, 2.24) is 10.2 Å². The molecule has 112 valence electrons. The van der Waals surface area contributed by atoms with Crippen molar-refractivity contribution in [2.75, 3.05) is 10.5 Å². The molecular formula is C11H12N4O4S2. The average molecular weight is 328 g/mol. The van der Waals surface area contributed by atoms with Gasteiger partial charge in [0.1, 0.15) is 9.90 Å². The summed E-state index contributed by atoms with van der Waals surface area (Å²) in [6.07, 6.45) is 0.623. The minimum atomic E-state index is -4.11. The van der Waals surface area contributed by atoms with Crippen LogP contribution in [0.15, 0.2) is 23.1 Å². The van der Waals surface area contributed by atoms with E-state index in [1.165, 1.54) is 6.07 Å². The van der Waals surface area contributed by atoms with Crippen molar-refractivity contribution >= 4 is 38.1 Å². The van der Waals surface area contributed by atoms with Gasteiger partial charge < -0.3 is 10.8 Å². The number of hydrogen-bond acceptors (Lipinski definition) is 7. The SMILES string of the molecule is CCc1nnc(NS(=O)(=O)c2cc(N)ccc2C(=O)O)s1. The highest BCUT2D eigenvalue weighted by Gasteiger charge is 2.24. The summed E-state index contributed by atoms with van der Waals surface area (Å²) >= 11 is 1.08. The van der Waals surface area contributed by atoms with Gasteiger partial charge in [-0.2, -0.15) is 0 Å². The maximum absolute atomic E-state index is 12.3. The number of hydrogen-bond donors (Lipinski definition) is 3. The highest BCUT2D eigenvalue weighted by Crippen LogP contribution is 2.24. The Balaban J connectivity index is 2.43. The number of aryl methyl sites for hydroxylation is 1. The molecule has 1 aromatic carbocycles. The number of nitrogens with zero attached hydrogens (tertiary/aromatic N) is 2. The number of nitrogens with one attached hydrogen (secondary N) is 1. The van der Waals surface area contributed by atoms with Gasteiger partial charge in [0, 0.05) is 5.69 Å². The molecule has 8 nitrogen and oxygen atoms in total. The normalized spacial score (nSPS) is 11.3. The largest absolute Gasteiger partial charge is 0.478 e. The molecule has 0 spiro atoms. The maximum Gasteiger partial charge on any atom is 0.337 e. The number of sulfonamides is 1. The summed E-state index contributed by atoms with van der Waals surface area (Å²) in [7, 11) is -4.11. The third-order valence-electron chi connectivity index (χ3n) is 2.52. The zero-order chi connectivity index (χ0) is 15.6. The van der Waals surface area contributed by atoms with Gasteiger partial charge in [0.15, 0.2) is 0 Å². The molecule has 0 aliphatic carbocycles. The molecule has 4 N–H and O–H groups in total. The van der Waals surface area contributed by atoms with Gasteiger partial charge in [-0.15, -0.1) is 10.2 Å². The van der Waals surface area contributed by atoms with Gasteiger partial charge in [-0.1, -0.05) is 18.3 Å². The number of nitrogen functional groups attached to an aromatic ring is 1. The van der Waals surface area contributed by atoms with Crippen LogP contribution in [0.25, 0.3) is 0 Å². The standard InChI is InChI=1S/C11H12N4O4S2/c1-2-9-13-14-11(20-9)15-21(18,19)8-5-6(12)3-4-7(8)10(16)17/h3-5H,2,12H2,1H3,(H,14,15)(H,16,17). The van der Waals surface area contributed by atoms with E-state index in [1.807, 2.05) is 6.92 Å². The van der Waals surface area contributed by atoms with Crippen LogP contribution in [0, 0.1) is 0 Å². The predicted octanol–water partition coefficient (Wildman–Crippen LogP) is 1.18. The van der Waals surface area contributed by atoms with Crippen molar-refractivity contribution in [3.05, 3.63) is 28.8 Å². The first-order valence-corrected chi connectivity index (χ1v) is 8.11. The van der Waals surface area contributed by atoms with E-state index >= 15 is 0 Å². The molecule has 1 aromatic heterocycles. The number of carbonyl (C=O) groups is 1. The lowest BCUT2D eigenvalue weighted by atomic mass is 10.2. The smallest absolute Gasteiger partial charge is 0.337 e. The Morgan fingerprint density at radius 1 is 1.43 bits per heavy atom. The second-order valence-electron chi connectivity index (χ2n) is 4.02. The molecular weight excluding hydrogens is 316 g/mol. The lowest BCUT2D eigenvalue weighted by Crippen LogP contribution is -2.17. The Labute approximate surface area is 124 Å². The molecule has 0 unspecified atom stereocenters. The van der Waals surface area contributed by atoms with Crippen molar-refractivity contribution in [2.45, 2.75) is 18.2 Å². The van der Waals surface area contributed by atoms with E-state index in [0.29, 0.717) is 11.4 Å². The Morgan fingerprint density at radius 2 is 2.14 bits per heavy atom. The molecule has 21 heavy (non-hydrogen) atoms. The number of rotatable bonds is 5. The fraction of sp³-hybridized carbons (Fsp3) is 0.182. The summed E-state index contributed by atoms with van der Waals surface area (Å²) in [6.45, 7) is 1.86. The van der Waals surface area contributed by atoms with E-state index in [2.05, 4.69) is 14.9 Å². The predicted molar refractivity (Wildman–Crippen MR) is 77.9 cm³/mol. The van der Waals surface area contributed by atoms with Crippen LogP contribution in [0.5, 0.6) is 0 Å². The highest BCUT2D eigenvalue weighted by atomic mass is 32.2. The van der Waals surface area contributed by atoms with Gasteiger partial charge in [0.2, 0.25) is 5.13 Å². The second kappa shape index (κ2) is 5.66. The molecule has 0 saturated carbocycles. The zero-order valence-corrected chi connectivity index (χ0v) is 12.5. The molecule has 0 saturated heterocycles. The number of aromatic carboxylic acids is 1. The Kier molecular flexibility index (Phi) is 4.09. The topological polar surface area (TPSA) is 135 Å². The first-order chi connectivity index (χ1) is 9.83. The number of carboxylic acids is 1. The van der Waals surface area contributed by atoms with Gasteiger partial charge in [0.25, 0.3) is 10.0 Å². The summed E-state index contributed by atoms with van der Waals surface area (Å²) in [5.41, 5.74) is 5.31. The van der Waals surface area contributed by atoms with Crippen LogP contribution >= 0.6 is 11.3 Å². The molecule has 2 aromatic rings. The van der Waals surface area contributed by atoms with Crippen molar-refractivity contribution < 1.29 is 18.3 Å². The van der Waals surface area contributed by atoms with Crippen molar-refractivity contribution in [1.29, 1.82) is 0 Å². The molecule has 0 amide bonds. The fourth-order valence-corrected chi connectivity index (χ4v) is 3.69. The molecule has 0 atom stereocenters. The van der Waals surface area contributed by atoms with Crippen LogP contribution < -0.4 is 10.5 Å². The Bertz CT molecular complexity index is 785. The molecule has 2 rings (SSSR count). The third-order valence-corrected chi connectivity index (χ3v) is 5.01. The number of anilines is 2. The van der Waals surface area contributed by atoms with Crippen molar-refractivity contribution in [3.8, 4) is 0 Å². The van der Waals surface area contributed by atoms with Crippen molar-refractivity contribution in [2.24, 2.45) is 0 Å².